The quantitative estimate of drug-likeness (QED) is 0.841. The zero-order valence-corrected chi connectivity index (χ0v) is 10.9. The number of nitrogens with zero attached hydrogens (tertiary/aromatic N) is 2. The van der Waals surface area contributed by atoms with Crippen molar-refractivity contribution in [3.63, 3.8) is 0 Å². The Morgan fingerprint density at radius 2 is 2.39 bits per heavy atom. The van der Waals surface area contributed by atoms with Crippen molar-refractivity contribution in [2.45, 2.75) is 19.3 Å². The van der Waals surface area contributed by atoms with E-state index in [1.807, 2.05) is 24.3 Å². The minimum absolute atomic E-state index is 0.0100. The van der Waals surface area contributed by atoms with Gasteiger partial charge in [0, 0.05) is 18.1 Å². The van der Waals surface area contributed by atoms with Crippen LogP contribution in [0.4, 0.5) is 0 Å². The van der Waals surface area contributed by atoms with Gasteiger partial charge in [0.25, 0.3) is 0 Å². The highest BCUT2D eigenvalue weighted by atomic mass is 35.5. The molecule has 1 aromatic rings. The molecule has 2 rings (SSSR count). The van der Waals surface area contributed by atoms with E-state index >= 15 is 0 Å². The average Bonchev–Trinajstić information content (AvgIpc) is 2.78. The van der Waals surface area contributed by atoms with E-state index in [1.165, 1.54) is 5.56 Å². The second-order valence-corrected chi connectivity index (χ2v) is 5.10. The first-order valence-electron chi connectivity index (χ1n) is 6.08. The summed E-state index contributed by atoms with van der Waals surface area (Å²) >= 11 is 5.95. The standard InChI is InChI=1S/C14H15ClN2O/c15-13-3-1-2-11(9-13)8-12-5-7-17(10-12)14(18)4-6-16/h1-3,9,12H,4-5,7-8,10H2. The topological polar surface area (TPSA) is 44.1 Å². The van der Waals surface area contributed by atoms with Crippen molar-refractivity contribution in [3.05, 3.63) is 34.9 Å². The monoisotopic (exact) mass is 262 g/mol. The van der Waals surface area contributed by atoms with E-state index in [0.29, 0.717) is 5.92 Å². The Bertz CT molecular complexity index is 481. The predicted molar refractivity (Wildman–Crippen MR) is 70.1 cm³/mol. The molecule has 1 aliphatic heterocycles. The van der Waals surface area contributed by atoms with E-state index in [4.69, 9.17) is 16.9 Å². The van der Waals surface area contributed by atoms with Gasteiger partial charge in [0.05, 0.1) is 6.07 Å². The van der Waals surface area contributed by atoms with E-state index < -0.39 is 0 Å². The third-order valence-electron chi connectivity index (χ3n) is 3.28. The molecule has 0 spiro atoms. The zero-order chi connectivity index (χ0) is 13.0. The SMILES string of the molecule is N#CCC(=O)N1CCC(Cc2cccc(Cl)c2)C1. The van der Waals surface area contributed by atoms with Crippen LogP contribution < -0.4 is 0 Å². The lowest BCUT2D eigenvalue weighted by atomic mass is 9.99. The van der Waals surface area contributed by atoms with Gasteiger partial charge in [0.15, 0.2) is 0 Å². The van der Waals surface area contributed by atoms with Gasteiger partial charge in [-0.05, 0) is 36.5 Å². The Hall–Kier alpha value is -1.53. The summed E-state index contributed by atoms with van der Waals surface area (Å²) in [4.78, 5) is 13.4. The molecular weight excluding hydrogens is 248 g/mol. The molecule has 0 saturated carbocycles. The maximum absolute atomic E-state index is 11.6. The van der Waals surface area contributed by atoms with Crippen LogP contribution in [0.3, 0.4) is 0 Å². The fourth-order valence-corrected chi connectivity index (χ4v) is 2.62. The molecule has 4 heteroatoms. The van der Waals surface area contributed by atoms with Crippen LogP contribution in [0.1, 0.15) is 18.4 Å². The lowest BCUT2D eigenvalue weighted by Crippen LogP contribution is -2.28. The van der Waals surface area contributed by atoms with Crippen molar-refractivity contribution >= 4 is 17.5 Å². The first kappa shape index (κ1) is 12.9. The van der Waals surface area contributed by atoms with Crippen LogP contribution in [0.2, 0.25) is 5.02 Å². The zero-order valence-electron chi connectivity index (χ0n) is 10.1. The fourth-order valence-electron chi connectivity index (χ4n) is 2.40. The fraction of sp³-hybridized carbons (Fsp3) is 0.429. The highest BCUT2D eigenvalue weighted by molar-refractivity contribution is 6.30. The molecule has 0 aromatic heterocycles. The number of carbonyl (C=O) groups is 1. The van der Waals surface area contributed by atoms with Gasteiger partial charge in [-0.3, -0.25) is 4.79 Å². The Labute approximate surface area is 112 Å². The summed E-state index contributed by atoms with van der Waals surface area (Å²) in [5, 5.41) is 9.27. The Kier molecular flexibility index (Phi) is 4.22. The third-order valence-corrected chi connectivity index (χ3v) is 3.52. The molecule has 1 aliphatic rings. The molecular formula is C14H15ClN2O. The first-order valence-corrected chi connectivity index (χ1v) is 6.46. The number of hydrogen-bond donors (Lipinski definition) is 0. The van der Waals surface area contributed by atoms with Gasteiger partial charge < -0.3 is 4.90 Å². The van der Waals surface area contributed by atoms with E-state index in [1.54, 1.807) is 4.90 Å². The second kappa shape index (κ2) is 5.88. The molecule has 1 aromatic carbocycles. The van der Waals surface area contributed by atoms with E-state index in [0.717, 1.165) is 31.0 Å². The molecule has 0 radical (unpaired) electrons. The van der Waals surface area contributed by atoms with Crippen LogP contribution in [0, 0.1) is 17.2 Å². The number of likely N-dealkylation sites (tertiary alicyclic amines) is 1. The number of hydrogen-bond acceptors (Lipinski definition) is 2. The number of carbonyl (C=O) groups excluding carboxylic acids is 1. The summed E-state index contributed by atoms with van der Waals surface area (Å²) in [5.41, 5.74) is 1.21. The molecule has 1 unspecified atom stereocenters. The van der Waals surface area contributed by atoms with E-state index in [2.05, 4.69) is 6.07 Å². The maximum atomic E-state index is 11.6. The number of amides is 1. The normalized spacial score (nSPS) is 18.7. The summed E-state index contributed by atoms with van der Waals surface area (Å²) < 4.78 is 0. The second-order valence-electron chi connectivity index (χ2n) is 4.66. The van der Waals surface area contributed by atoms with E-state index in [-0.39, 0.29) is 12.3 Å². The van der Waals surface area contributed by atoms with Gasteiger partial charge in [-0.25, -0.2) is 0 Å². The number of halogens is 1. The largest absolute Gasteiger partial charge is 0.342 e. The molecule has 0 N–H and O–H groups in total. The number of rotatable bonds is 3. The van der Waals surface area contributed by atoms with Crippen molar-refractivity contribution in [3.8, 4) is 6.07 Å². The van der Waals surface area contributed by atoms with Crippen molar-refractivity contribution in [2.75, 3.05) is 13.1 Å². The molecule has 1 heterocycles. The molecule has 94 valence electrons. The Morgan fingerprint density at radius 3 is 3.11 bits per heavy atom. The average molecular weight is 263 g/mol. The number of benzene rings is 1. The summed E-state index contributed by atoms with van der Waals surface area (Å²) in [6, 6.07) is 9.76. The van der Waals surface area contributed by atoms with Crippen LogP contribution in [-0.4, -0.2) is 23.9 Å². The van der Waals surface area contributed by atoms with Crippen LogP contribution in [0.25, 0.3) is 0 Å². The highest BCUT2D eigenvalue weighted by Gasteiger charge is 2.25. The van der Waals surface area contributed by atoms with Crippen molar-refractivity contribution < 1.29 is 4.79 Å². The van der Waals surface area contributed by atoms with E-state index in [9.17, 15) is 4.79 Å². The Balaban J connectivity index is 1.90. The van der Waals surface area contributed by atoms with Crippen molar-refractivity contribution in [2.24, 2.45) is 5.92 Å². The van der Waals surface area contributed by atoms with Gasteiger partial charge >= 0.3 is 0 Å². The van der Waals surface area contributed by atoms with Crippen molar-refractivity contribution in [1.82, 2.24) is 4.90 Å². The van der Waals surface area contributed by atoms with Crippen LogP contribution in [0.15, 0.2) is 24.3 Å². The van der Waals surface area contributed by atoms with Gasteiger partial charge in [-0.1, -0.05) is 23.7 Å². The van der Waals surface area contributed by atoms with Crippen LogP contribution >= 0.6 is 11.6 Å². The molecule has 3 nitrogen and oxygen atoms in total. The lowest BCUT2D eigenvalue weighted by molar-refractivity contribution is -0.129. The van der Waals surface area contributed by atoms with Gasteiger partial charge in [0.1, 0.15) is 6.42 Å². The molecule has 1 amide bonds. The van der Waals surface area contributed by atoms with Gasteiger partial charge in [-0.2, -0.15) is 5.26 Å². The number of nitriles is 1. The molecule has 1 saturated heterocycles. The van der Waals surface area contributed by atoms with Gasteiger partial charge in [0.2, 0.25) is 5.91 Å². The Morgan fingerprint density at radius 1 is 1.56 bits per heavy atom. The van der Waals surface area contributed by atoms with Gasteiger partial charge in [-0.15, -0.1) is 0 Å². The maximum Gasteiger partial charge on any atom is 0.236 e. The molecule has 0 bridgehead atoms. The first-order chi connectivity index (χ1) is 8.69. The third kappa shape index (κ3) is 3.24. The highest BCUT2D eigenvalue weighted by Crippen LogP contribution is 2.22. The summed E-state index contributed by atoms with van der Waals surface area (Å²) in [7, 11) is 0. The molecule has 1 atom stereocenters. The molecule has 18 heavy (non-hydrogen) atoms. The molecule has 0 aliphatic carbocycles. The molecule has 1 fully saturated rings. The minimum Gasteiger partial charge on any atom is -0.342 e. The minimum atomic E-state index is -0.0499. The predicted octanol–water partition coefficient (Wildman–Crippen LogP) is 2.64. The lowest BCUT2D eigenvalue weighted by Gasteiger charge is -2.14. The summed E-state index contributed by atoms with van der Waals surface area (Å²) in [6.45, 7) is 1.53. The van der Waals surface area contributed by atoms with Crippen LogP contribution in [0.5, 0.6) is 0 Å². The summed E-state index contributed by atoms with van der Waals surface area (Å²) in [6.07, 6.45) is 1.93. The smallest absolute Gasteiger partial charge is 0.236 e. The van der Waals surface area contributed by atoms with Crippen molar-refractivity contribution in [1.29, 1.82) is 5.26 Å². The van der Waals surface area contributed by atoms with Crippen LogP contribution in [-0.2, 0) is 11.2 Å². The summed E-state index contributed by atoms with van der Waals surface area (Å²) in [5.74, 6) is 0.428.